The zero-order valence-corrected chi connectivity index (χ0v) is 9.18. The van der Waals surface area contributed by atoms with Gasteiger partial charge in [0.25, 0.3) is 6.43 Å². The van der Waals surface area contributed by atoms with Crippen LogP contribution in [0.15, 0.2) is 6.07 Å². The Hall–Kier alpha value is -0.0100. The van der Waals surface area contributed by atoms with Crippen LogP contribution in [0.4, 0.5) is 8.78 Å². The Kier molecular flexibility index (Phi) is 3.81. The molecule has 0 bridgehead atoms. The van der Waals surface area contributed by atoms with Crippen molar-refractivity contribution < 1.29 is 13.9 Å². The quantitative estimate of drug-likeness (QED) is 0.672. The number of halogens is 4. The molecule has 0 aromatic carbocycles. The predicted molar refractivity (Wildman–Crippen MR) is 52.8 cm³/mol. The van der Waals surface area contributed by atoms with Gasteiger partial charge in [-0.05, 0) is 28.7 Å². The molecule has 0 saturated carbocycles. The number of nitrogens with zero attached hydrogens (tertiary/aromatic N) is 1. The standard InChI is InChI=1S/C7H5ClF2INO/c8-6-3(7(9)10)1-5(11)12-4(6)2-13/h1,7,13H,2H2. The zero-order chi connectivity index (χ0) is 10.0. The highest BCUT2D eigenvalue weighted by Gasteiger charge is 2.16. The van der Waals surface area contributed by atoms with Crippen molar-refractivity contribution in [3.8, 4) is 0 Å². The van der Waals surface area contributed by atoms with E-state index >= 15 is 0 Å². The van der Waals surface area contributed by atoms with Crippen molar-refractivity contribution in [3.05, 3.63) is 26.0 Å². The summed E-state index contributed by atoms with van der Waals surface area (Å²) in [5.41, 5.74) is -0.200. The van der Waals surface area contributed by atoms with Gasteiger partial charge in [-0.25, -0.2) is 13.8 Å². The van der Waals surface area contributed by atoms with E-state index < -0.39 is 13.0 Å². The fourth-order valence-electron chi connectivity index (χ4n) is 0.832. The van der Waals surface area contributed by atoms with Gasteiger partial charge >= 0.3 is 0 Å². The van der Waals surface area contributed by atoms with E-state index in [1.165, 1.54) is 6.07 Å². The summed E-state index contributed by atoms with van der Waals surface area (Å²) >= 11 is 7.36. The Balaban J connectivity index is 3.27. The maximum atomic E-state index is 12.3. The topological polar surface area (TPSA) is 33.1 Å². The second-order valence-electron chi connectivity index (χ2n) is 2.25. The Morgan fingerprint density at radius 2 is 2.23 bits per heavy atom. The molecular weight excluding hydrogens is 314 g/mol. The first-order chi connectivity index (χ1) is 6.06. The van der Waals surface area contributed by atoms with Crippen molar-refractivity contribution in [2.45, 2.75) is 13.0 Å². The van der Waals surface area contributed by atoms with E-state index in [0.717, 1.165) is 0 Å². The molecule has 13 heavy (non-hydrogen) atoms. The first-order valence-electron chi connectivity index (χ1n) is 3.30. The molecule has 0 atom stereocenters. The summed E-state index contributed by atoms with van der Waals surface area (Å²) in [7, 11) is 0. The molecular formula is C7H5ClF2INO. The lowest BCUT2D eigenvalue weighted by molar-refractivity contribution is 0.151. The fourth-order valence-corrected chi connectivity index (χ4v) is 1.70. The van der Waals surface area contributed by atoms with Gasteiger partial charge in [-0.3, -0.25) is 0 Å². The summed E-state index contributed by atoms with van der Waals surface area (Å²) in [5.74, 6) is 0. The van der Waals surface area contributed by atoms with Gasteiger partial charge in [0.05, 0.1) is 17.3 Å². The summed E-state index contributed by atoms with van der Waals surface area (Å²) in [6.45, 7) is -0.435. The minimum absolute atomic E-state index is 0.0869. The molecule has 1 heterocycles. The van der Waals surface area contributed by atoms with E-state index in [-0.39, 0.29) is 16.3 Å². The number of aliphatic hydroxyl groups is 1. The third kappa shape index (κ3) is 2.47. The molecule has 0 amide bonds. The second-order valence-corrected chi connectivity index (χ2v) is 3.74. The maximum absolute atomic E-state index is 12.3. The summed E-state index contributed by atoms with van der Waals surface area (Å²) in [6.07, 6.45) is -2.64. The molecule has 1 aromatic heterocycles. The second kappa shape index (κ2) is 4.47. The minimum Gasteiger partial charge on any atom is -0.390 e. The largest absolute Gasteiger partial charge is 0.390 e. The van der Waals surface area contributed by atoms with Crippen LogP contribution in [-0.2, 0) is 6.61 Å². The third-order valence-electron chi connectivity index (χ3n) is 1.41. The van der Waals surface area contributed by atoms with E-state index in [1.54, 1.807) is 22.6 Å². The molecule has 0 aliphatic rings. The van der Waals surface area contributed by atoms with Crippen molar-refractivity contribution in [2.24, 2.45) is 0 Å². The monoisotopic (exact) mass is 319 g/mol. The highest BCUT2D eigenvalue weighted by atomic mass is 127. The van der Waals surface area contributed by atoms with Crippen LogP contribution < -0.4 is 0 Å². The summed E-state index contributed by atoms with van der Waals surface area (Å²) in [4.78, 5) is 3.81. The van der Waals surface area contributed by atoms with Crippen molar-refractivity contribution in [2.75, 3.05) is 0 Å². The highest BCUT2D eigenvalue weighted by Crippen LogP contribution is 2.29. The molecule has 0 aliphatic carbocycles. The van der Waals surface area contributed by atoms with Gasteiger partial charge < -0.3 is 5.11 Å². The number of aliphatic hydroxyl groups excluding tert-OH is 1. The Morgan fingerprint density at radius 1 is 1.62 bits per heavy atom. The van der Waals surface area contributed by atoms with Gasteiger partial charge in [0.1, 0.15) is 3.70 Å². The number of aromatic nitrogens is 1. The number of pyridine rings is 1. The number of hydrogen-bond donors (Lipinski definition) is 1. The van der Waals surface area contributed by atoms with Crippen molar-refractivity contribution in [3.63, 3.8) is 0 Å². The maximum Gasteiger partial charge on any atom is 0.265 e. The smallest absolute Gasteiger partial charge is 0.265 e. The van der Waals surface area contributed by atoms with Crippen molar-refractivity contribution in [1.29, 1.82) is 0 Å². The van der Waals surface area contributed by atoms with Gasteiger partial charge in [0.2, 0.25) is 0 Å². The van der Waals surface area contributed by atoms with Crippen LogP contribution in [0, 0.1) is 3.70 Å². The normalized spacial score (nSPS) is 10.9. The first kappa shape index (κ1) is 11.1. The molecule has 72 valence electrons. The average Bonchev–Trinajstić information content (AvgIpc) is 2.08. The van der Waals surface area contributed by atoms with Gasteiger partial charge in [0.15, 0.2) is 0 Å². The van der Waals surface area contributed by atoms with E-state index in [1.807, 2.05) is 0 Å². The first-order valence-corrected chi connectivity index (χ1v) is 4.75. The van der Waals surface area contributed by atoms with E-state index in [4.69, 9.17) is 16.7 Å². The highest BCUT2D eigenvalue weighted by molar-refractivity contribution is 14.1. The van der Waals surface area contributed by atoms with Gasteiger partial charge in [-0.15, -0.1) is 0 Å². The number of hydrogen-bond acceptors (Lipinski definition) is 2. The van der Waals surface area contributed by atoms with Crippen molar-refractivity contribution in [1.82, 2.24) is 4.98 Å². The predicted octanol–water partition coefficient (Wildman–Crippen LogP) is 2.77. The fraction of sp³-hybridized carbons (Fsp3) is 0.286. The lowest BCUT2D eigenvalue weighted by Crippen LogP contribution is -1.98. The molecule has 0 fully saturated rings. The van der Waals surface area contributed by atoms with Gasteiger partial charge in [-0.1, -0.05) is 11.6 Å². The van der Waals surface area contributed by atoms with Crippen LogP contribution in [0.25, 0.3) is 0 Å². The van der Waals surface area contributed by atoms with Crippen LogP contribution in [0.3, 0.4) is 0 Å². The molecule has 2 nitrogen and oxygen atoms in total. The Morgan fingerprint density at radius 3 is 2.69 bits per heavy atom. The van der Waals surface area contributed by atoms with E-state index in [0.29, 0.717) is 3.70 Å². The number of rotatable bonds is 2. The minimum atomic E-state index is -2.64. The van der Waals surface area contributed by atoms with E-state index in [9.17, 15) is 8.78 Å². The third-order valence-corrected chi connectivity index (χ3v) is 2.40. The van der Waals surface area contributed by atoms with E-state index in [2.05, 4.69) is 4.98 Å². The van der Waals surface area contributed by atoms with Gasteiger partial charge in [0, 0.05) is 5.56 Å². The molecule has 0 unspecified atom stereocenters. The van der Waals surface area contributed by atoms with Crippen LogP contribution in [0.2, 0.25) is 5.02 Å². The van der Waals surface area contributed by atoms with Crippen LogP contribution in [0.1, 0.15) is 17.7 Å². The molecule has 1 aromatic rings. The van der Waals surface area contributed by atoms with Crippen molar-refractivity contribution >= 4 is 34.2 Å². The van der Waals surface area contributed by atoms with Crippen LogP contribution in [-0.4, -0.2) is 10.1 Å². The molecule has 1 N–H and O–H groups in total. The Labute approximate surface area is 92.1 Å². The summed E-state index contributed by atoms with van der Waals surface area (Å²) < 4.78 is 25.0. The summed E-state index contributed by atoms with van der Waals surface area (Å²) in [6, 6.07) is 1.20. The molecule has 0 spiro atoms. The zero-order valence-electron chi connectivity index (χ0n) is 6.27. The van der Waals surface area contributed by atoms with Gasteiger partial charge in [-0.2, -0.15) is 0 Å². The molecule has 0 aliphatic heterocycles. The lowest BCUT2D eigenvalue weighted by atomic mass is 10.2. The van der Waals surface area contributed by atoms with Crippen LogP contribution >= 0.6 is 34.2 Å². The molecule has 6 heteroatoms. The molecule has 0 saturated heterocycles. The molecule has 0 radical (unpaired) electrons. The average molecular weight is 319 g/mol. The lowest BCUT2D eigenvalue weighted by Gasteiger charge is -2.06. The number of alkyl halides is 2. The SMILES string of the molecule is OCc1nc(I)cc(C(F)F)c1Cl. The summed E-state index contributed by atoms with van der Waals surface area (Å²) in [5, 5.41) is 8.60. The Bertz CT molecular complexity index is 322. The molecule has 1 rings (SSSR count). The van der Waals surface area contributed by atoms with Crippen LogP contribution in [0.5, 0.6) is 0 Å².